The predicted octanol–water partition coefficient (Wildman–Crippen LogP) is 4.50. The fourth-order valence-electron chi connectivity index (χ4n) is 2.34. The Balaban J connectivity index is 3.59. The Kier molecular flexibility index (Phi) is 9.07. The first-order valence-corrected chi connectivity index (χ1v) is 7.53. The van der Waals surface area contributed by atoms with Crippen LogP contribution >= 0.6 is 0 Å². The highest BCUT2D eigenvalue weighted by Gasteiger charge is 2.16. The van der Waals surface area contributed by atoms with Crippen LogP contribution in [0.1, 0.15) is 72.6 Å². The molecule has 2 atom stereocenters. The first-order valence-electron chi connectivity index (χ1n) is 7.53. The maximum absolute atomic E-state index is 10.6. The minimum atomic E-state index is -0.678. The molecular weight excluding hydrogens is 240 g/mol. The van der Waals surface area contributed by atoms with Gasteiger partial charge in [-0.05, 0) is 32.1 Å². The van der Waals surface area contributed by atoms with Crippen molar-refractivity contribution in [2.75, 3.05) is 7.11 Å². The van der Waals surface area contributed by atoms with Gasteiger partial charge in [-0.2, -0.15) is 0 Å². The summed E-state index contributed by atoms with van der Waals surface area (Å²) in [5, 5.41) is 8.70. The summed E-state index contributed by atoms with van der Waals surface area (Å²) in [5.41, 5.74) is -0.00424. The van der Waals surface area contributed by atoms with Gasteiger partial charge in [0.1, 0.15) is 0 Å². The lowest BCUT2D eigenvalue weighted by Crippen LogP contribution is -2.22. The van der Waals surface area contributed by atoms with Crippen LogP contribution in [0.3, 0.4) is 0 Å². The molecule has 3 nitrogen and oxygen atoms in total. The molecule has 0 heterocycles. The van der Waals surface area contributed by atoms with E-state index in [0.29, 0.717) is 12.3 Å². The number of rotatable bonds is 11. The highest BCUT2D eigenvalue weighted by molar-refractivity contribution is 5.66. The van der Waals surface area contributed by atoms with Crippen LogP contribution in [0.25, 0.3) is 0 Å². The van der Waals surface area contributed by atoms with E-state index >= 15 is 0 Å². The molecule has 0 rings (SSSR count). The Hall–Kier alpha value is -0.570. The van der Waals surface area contributed by atoms with Gasteiger partial charge in [-0.25, -0.2) is 0 Å². The number of ether oxygens (including phenoxy) is 1. The number of carboxylic acids is 1. The second-order valence-electron chi connectivity index (χ2n) is 6.60. The minimum absolute atomic E-state index is 0.00424. The number of carboxylic acid groups (broad SMARTS) is 1. The van der Waals surface area contributed by atoms with Gasteiger partial charge in [-0.1, -0.05) is 46.0 Å². The zero-order valence-electron chi connectivity index (χ0n) is 13.4. The highest BCUT2D eigenvalue weighted by Crippen LogP contribution is 2.22. The summed E-state index contributed by atoms with van der Waals surface area (Å²) >= 11 is 0. The van der Waals surface area contributed by atoms with Crippen LogP contribution in [-0.2, 0) is 9.53 Å². The highest BCUT2D eigenvalue weighted by atomic mass is 16.5. The Morgan fingerprint density at radius 1 is 1.11 bits per heavy atom. The molecule has 19 heavy (non-hydrogen) atoms. The van der Waals surface area contributed by atoms with Gasteiger partial charge in [-0.3, -0.25) is 4.79 Å². The second-order valence-corrected chi connectivity index (χ2v) is 6.60. The lowest BCUT2D eigenvalue weighted by Gasteiger charge is -2.23. The first-order chi connectivity index (χ1) is 8.76. The molecule has 0 aliphatic rings. The van der Waals surface area contributed by atoms with Crippen LogP contribution in [0.4, 0.5) is 0 Å². The fraction of sp³-hybridized carbons (Fsp3) is 0.938. The lowest BCUT2D eigenvalue weighted by molar-refractivity contribution is -0.138. The van der Waals surface area contributed by atoms with E-state index in [9.17, 15) is 4.79 Å². The van der Waals surface area contributed by atoms with Crippen LogP contribution in [-0.4, -0.2) is 23.8 Å². The number of methoxy groups -OCH3 is 1. The Morgan fingerprint density at radius 3 is 2.16 bits per heavy atom. The molecule has 1 N–H and O–H groups in total. The number of hydrogen-bond donors (Lipinski definition) is 1. The van der Waals surface area contributed by atoms with Crippen molar-refractivity contribution >= 4 is 5.97 Å². The lowest BCUT2D eigenvalue weighted by atomic mass is 9.92. The number of aliphatic carboxylic acids is 1. The second kappa shape index (κ2) is 9.35. The number of hydrogen-bond acceptors (Lipinski definition) is 2. The average Bonchev–Trinajstić information content (AvgIpc) is 2.27. The molecule has 3 heteroatoms. The van der Waals surface area contributed by atoms with Crippen molar-refractivity contribution in [1.82, 2.24) is 0 Å². The van der Waals surface area contributed by atoms with Gasteiger partial charge in [-0.15, -0.1) is 0 Å². The van der Waals surface area contributed by atoms with Gasteiger partial charge in [0, 0.05) is 13.5 Å². The van der Waals surface area contributed by atoms with E-state index in [2.05, 4.69) is 20.8 Å². The van der Waals surface area contributed by atoms with Crippen molar-refractivity contribution < 1.29 is 14.6 Å². The molecule has 0 amide bonds. The molecule has 0 aromatic carbocycles. The first kappa shape index (κ1) is 18.4. The molecule has 0 saturated heterocycles. The van der Waals surface area contributed by atoms with Crippen LogP contribution in [0, 0.1) is 11.8 Å². The van der Waals surface area contributed by atoms with Crippen molar-refractivity contribution in [3.63, 3.8) is 0 Å². The summed E-state index contributed by atoms with van der Waals surface area (Å²) in [4.78, 5) is 10.6. The van der Waals surface area contributed by atoms with Gasteiger partial charge in [0.25, 0.3) is 0 Å². The number of carbonyl (C=O) groups is 1. The molecule has 0 fully saturated rings. The van der Waals surface area contributed by atoms with E-state index in [1.807, 2.05) is 6.92 Å². The fourth-order valence-corrected chi connectivity index (χ4v) is 2.34. The van der Waals surface area contributed by atoms with Gasteiger partial charge in [0.05, 0.1) is 5.60 Å². The zero-order valence-corrected chi connectivity index (χ0v) is 13.4. The van der Waals surface area contributed by atoms with Crippen molar-refractivity contribution in [2.24, 2.45) is 11.8 Å². The van der Waals surface area contributed by atoms with E-state index < -0.39 is 5.97 Å². The maximum Gasteiger partial charge on any atom is 0.303 e. The van der Waals surface area contributed by atoms with Crippen molar-refractivity contribution in [2.45, 2.75) is 78.2 Å². The SMILES string of the molecule is COC(C)(C)CCCC(C)CCCC(C)CC(=O)O. The summed E-state index contributed by atoms with van der Waals surface area (Å²) in [6.45, 7) is 8.58. The van der Waals surface area contributed by atoms with Gasteiger partial charge >= 0.3 is 5.97 Å². The van der Waals surface area contributed by atoms with Crippen LogP contribution in [0.5, 0.6) is 0 Å². The van der Waals surface area contributed by atoms with Gasteiger partial charge in [0.2, 0.25) is 0 Å². The van der Waals surface area contributed by atoms with E-state index in [0.717, 1.165) is 25.2 Å². The summed E-state index contributed by atoms with van der Waals surface area (Å²) in [7, 11) is 1.77. The van der Waals surface area contributed by atoms with Crippen LogP contribution in [0.15, 0.2) is 0 Å². The molecule has 0 bridgehead atoms. The van der Waals surface area contributed by atoms with Gasteiger partial charge < -0.3 is 9.84 Å². The third-order valence-corrected chi connectivity index (χ3v) is 3.95. The van der Waals surface area contributed by atoms with E-state index in [1.54, 1.807) is 7.11 Å². The van der Waals surface area contributed by atoms with E-state index in [4.69, 9.17) is 9.84 Å². The average molecular weight is 272 g/mol. The summed E-state index contributed by atoms with van der Waals surface area (Å²) < 4.78 is 5.41. The summed E-state index contributed by atoms with van der Waals surface area (Å²) in [6.07, 6.45) is 7.22. The topological polar surface area (TPSA) is 46.5 Å². The molecule has 0 aromatic heterocycles. The van der Waals surface area contributed by atoms with Crippen LogP contribution in [0.2, 0.25) is 0 Å². The minimum Gasteiger partial charge on any atom is -0.481 e. The molecule has 2 unspecified atom stereocenters. The van der Waals surface area contributed by atoms with Crippen LogP contribution < -0.4 is 0 Å². The summed E-state index contributed by atoms with van der Waals surface area (Å²) in [5.74, 6) is 0.351. The monoisotopic (exact) mass is 272 g/mol. The molecule has 0 spiro atoms. The third kappa shape index (κ3) is 11.0. The van der Waals surface area contributed by atoms with Crippen molar-refractivity contribution in [3.05, 3.63) is 0 Å². The molecular formula is C16H32O3. The molecule has 0 aliphatic heterocycles. The Bertz CT molecular complexity index is 248. The third-order valence-electron chi connectivity index (χ3n) is 3.95. The predicted molar refractivity (Wildman–Crippen MR) is 79.4 cm³/mol. The van der Waals surface area contributed by atoms with E-state index in [-0.39, 0.29) is 5.60 Å². The summed E-state index contributed by atoms with van der Waals surface area (Å²) in [6, 6.07) is 0. The molecule has 0 aromatic rings. The molecule has 0 radical (unpaired) electrons. The molecule has 0 aliphatic carbocycles. The molecule has 0 saturated carbocycles. The normalized spacial score (nSPS) is 15.2. The smallest absolute Gasteiger partial charge is 0.303 e. The standard InChI is InChI=1S/C16H32O3/c1-13(10-7-11-16(3,4)19-5)8-6-9-14(2)12-15(17)18/h13-14H,6-12H2,1-5H3,(H,17,18). The Labute approximate surface area is 118 Å². The van der Waals surface area contributed by atoms with Crippen molar-refractivity contribution in [3.8, 4) is 0 Å². The molecule has 114 valence electrons. The quantitative estimate of drug-likeness (QED) is 0.602. The van der Waals surface area contributed by atoms with Gasteiger partial charge in [0.15, 0.2) is 0 Å². The largest absolute Gasteiger partial charge is 0.481 e. The maximum atomic E-state index is 10.6. The van der Waals surface area contributed by atoms with E-state index in [1.165, 1.54) is 19.3 Å². The zero-order chi connectivity index (χ0) is 14.9. The Morgan fingerprint density at radius 2 is 1.63 bits per heavy atom. The van der Waals surface area contributed by atoms with Crippen molar-refractivity contribution in [1.29, 1.82) is 0 Å².